The SMILES string of the molecule is CC1(C)CC1C(=O)Nc1ccc(C(=O)N2CCC(C(=O)O)CC2)cc1. The summed E-state index contributed by atoms with van der Waals surface area (Å²) in [5.41, 5.74) is 1.33. The Kier molecular flexibility index (Phi) is 4.54. The van der Waals surface area contributed by atoms with Gasteiger partial charge in [-0.05, 0) is 48.9 Å². The molecule has 1 heterocycles. The second-order valence-electron chi connectivity index (χ2n) is 7.72. The van der Waals surface area contributed by atoms with E-state index in [0.29, 0.717) is 37.2 Å². The number of aliphatic carboxylic acids is 1. The van der Waals surface area contributed by atoms with Gasteiger partial charge in [-0.2, -0.15) is 0 Å². The molecule has 6 nitrogen and oxygen atoms in total. The predicted molar refractivity (Wildman–Crippen MR) is 93.2 cm³/mol. The summed E-state index contributed by atoms with van der Waals surface area (Å²) in [6.45, 7) is 5.08. The van der Waals surface area contributed by atoms with Gasteiger partial charge in [0, 0.05) is 30.3 Å². The van der Waals surface area contributed by atoms with Gasteiger partial charge in [-0.15, -0.1) is 0 Å². The maximum atomic E-state index is 12.5. The van der Waals surface area contributed by atoms with Crippen LogP contribution in [0.1, 0.15) is 43.5 Å². The van der Waals surface area contributed by atoms with Crippen LogP contribution in [0.25, 0.3) is 0 Å². The molecule has 6 heteroatoms. The van der Waals surface area contributed by atoms with Crippen molar-refractivity contribution < 1.29 is 19.5 Å². The summed E-state index contributed by atoms with van der Waals surface area (Å²) >= 11 is 0. The number of carbonyl (C=O) groups is 3. The maximum absolute atomic E-state index is 12.5. The first kappa shape index (κ1) is 17.5. The lowest BCUT2D eigenvalue weighted by Crippen LogP contribution is -2.40. The van der Waals surface area contributed by atoms with Gasteiger partial charge in [0.1, 0.15) is 0 Å². The van der Waals surface area contributed by atoms with Gasteiger partial charge in [-0.3, -0.25) is 14.4 Å². The van der Waals surface area contributed by atoms with Gasteiger partial charge >= 0.3 is 5.97 Å². The largest absolute Gasteiger partial charge is 0.481 e. The standard InChI is InChI=1S/C19H24N2O4/c1-19(2)11-15(19)16(22)20-14-5-3-12(4-6-14)17(23)21-9-7-13(8-10-21)18(24)25/h3-6,13,15H,7-11H2,1-2H3,(H,20,22)(H,24,25). The smallest absolute Gasteiger partial charge is 0.306 e. The van der Waals surface area contributed by atoms with Crippen LogP contribution in [-0.2, 0) is 9.59 Å². The number of nitrogens with one attached hydrogen (secondary N) is 1. The van der Waals surface area contributed by atoms with Crippen molar-refractivity contribution in [2.24, 2.45) is 17.3 Å². The number of hydrogen-bond acceptors (Lipinski definition) is 3. The first-order valence-electron chi connectivity index (χ1n) is 8.71. The minimum Gasteiger partial charge on any atom is -0.481 e. The highest BCUT2D eigenvalue weighted by Gasteiger charge is 2.50. The molecular formula is C19H24N2O4. The maximum Gasteiger partial charge on any atom is 0.306 e. The van der Waals surface area contributed by atoms with Crippen LogP contribution in [0.4, 0.5) is 5.69 Å². The van der Waals surface area contributed by atoms with Crippen LogP contribution >= 0.6 is 0 Å². The Bertz CT molecular complexity index is 688. The quantitative estimate of drug-likeness (QED) is 0.879. The van der Waals surface area contributed by atoms with E-state index < -0.39 is 5.97 Å². The van der Waals surface area contributed by atoms with Gasteiger partial charge in [0.25, 0.3) is 5.91 Å². The molecule has 134 valence electrons. The summed E-state index contributed by atoms with van der Waals surface area (Å²) < 4.78 is 0. The monoisotopic (exact) mass is 344 g/mol. The van der Waals surface area contributed by atoms with Gasteiger partial charge in [0.15, 0.2) is 0 Å². The van der Waals surface area contributed by atoms with Gasteiger partial charge in [0.2, 0.25) is 5.91 Å². The molecule has 1 aromatic carbocycles. The van der Waals surface area contributed by atoms with Crippen LogP contribution in [0, 0.1) is 17.3 Å². The van der Waals surface area contributed by atoms with Crippen LogP contribution in [-0.4, -0.2) is 40.9 Å². The molecule has 25 heavy (non-hydrogen) atoms. The van der Waals surface area contributed by atoms with Crippen molar-refractivity contribution in [1.82, 2.24) is 4.90 Å². The van der Waals surface area contributed by atoms with E-state index in [4.69, 9.17) is 5.11 Å². The number of rotatable bonds is 4. The van der Waals surface area contributed by atoms with Crippen molar-refractivity contribution in [2.45, 2.75) is 33.1 Å². The summed E-state index contributed by atoms with van der Waals surface area (Å²) in [5.74, 6) is -1.14. The number of carboxylic acids is 1. The zero-order chi connectivity index (χ0) is 18.2. The molecule has 1 unspecified atom stereocenters. The molecular weight excluding hydrogens is 320 g/mol. The van der Waals surface area contributed by atoms with Crippen molar-refractivity contribution in [3.8, 4) is 0 Å². The highest BCUT2D eigenvalue weighted by molar-refractivity contribution is 5.97. The van der Waals surface area contributed by atoms with Crippen LogP contribution in [0.15, 0.2) is 24.3 Å². The number of hydrogen-bond donors (Lipinski definition) is 2. The molecule has 2 N–H and O–H groups in total. The van der Waals surface area contributed by atoms with E-state index in [2.05, 4.69) is 19.2 Å². The Morgan fingerprint density at radius 1 is 1.12 bits per heavy atom. The topological polar surface area (TPSA) is 86.7 Å². The molecule has 0 radical (unpaired) electrons. The van der Waals surface area contributed by atoms with E-state index in [-0.39, 0.29) is 29.1 Å². The Morgan fingerprint density at radius 3 is 2.16 bits per heavy atom. The number of anilines is 1. The summed E-state index contributed by atoms with van der Waals surface area (Å²) in [4.78, 5) is 37.3. The fourth-order valence-corrected chi connectivity index (χ4v) is 3.35. The average Bonchev–Trinajstić information content (AvgIpc) is 3.24. The fraction of sp³-hybridized carbons (Fsp3) is 0.526. The lowest BCUT2D eigenvalue weighted by molar-refractivity contribution is -0.143. The zero-order valence-corrected chi connectivity index (χ0v) is 14.6. The summed E-state index contributed by atoms with van der Waals surface area (Å²) in [5, 5.41) is 11.9. The second kappa shape index (κ2) is 6.50. The fourth-order valence-electron chi connectivity index (χ4n) is 3.35. The van der Waals surface area contributed by atoms with E-state index >= 15 is 0 Å². The average molecular weight is 344 g/mol. The molecule has 0 bridgehead atoms. The van der Waals surface area contributed by atoms with E-state index in [1.165, 1.54) is 0 Å². The van der Waals surface area contributed by atoms with Gasteiger partial charge in [-0.1, -0.05) is 13.8 Å². The van der Waals surface area contributed by atoms with Gasteiger partial charge in [-0.25, -0.2) is 0 Å². The molecule has 0 aromatic heterocycles. The second-order valence-corrected chi connectivity index (χ2v) is 7.72. The third kappa shape index (κ3) is 3.83. The third-order valence-electron chi connectivity index (χ3n) is 5.36. The molecule has 1 aromatic rings. The molecule has 1 atom stereocenters. The Labute approximate surface area is 147 Å². The number of carbonyl (C=O) groups excluding carboxylic acids is 2. The lowest BCUT2D eigenvalue weighted by atomic mass is 9.96. The van der Waals surface area contributed by atoms with Crippen molar-refractivity contribution in [3.63, 3.8) is 0 Å². The van der Waals surface area contributed by atoms with Crippen molar-refractivity contribution in [3.05, 3.63) is 29.8 Å². The van der Waals surface area contributed by atoms with Crippen LogP contribution < -0.4 is 5.32 Å². The lowest BCUT2D eigenvalue weighted by Gasteiger charge is -2.30. The van der Waals surface area contributed by atoms with E-state index in [9.17, 15) is 14.4 Å². The molecule has 3 rings (SSSR count). The molecule has 0 spiro atoms. The third-order valence-corrected chi connectivity index (χ3v) is 5.36. The Hall–Kier alpha value is -2.37. The molecule has 1 aliphatic heterocycles. The molecule has 2 aliphatic rings. The number of piperidine rings is 1. The van der Waals surface area contributed by atoms with E-state index in [1.54, 1.807) is 29.2 Å². The van der Waals surface area contributed by atoms with Gasteiger partial charge < -0.3 is 15.3 Å². The highest BCUT2D eigenvalue weighted by atomic mass is 16.4. The van der Waals surface area contributed by atoms with Crippen LogP contribution in [0.2, 0.25) is 0 Å². The van der Waals surface area contributed by atoms with Crippen molar-refractivity contribution >= 4 is 23.5 Å². The van der Waals surface area contributed by atoms with E-state index in [0.717, 1.165) is 6.42 Å². The minimum atomic E-state index is -0.786. The predicted octanol–water partition coefficient (Wildman–Crippen LogP) is 2.61. The number of nitrogens with zero attached hydrogens (tertiary/aromatic N) is 1. The van der Waals surface area contributed by atoms with Crippen molar-refractivity contribution in [1.29, 1.82) is 0 Å². The van der Waals surface area contributed by atoms with Crippen LogP contribution in [0.3, 0.4) is 0 Å². The molecule has 1 saturated heterocycles. The summed E-state index contributed by atoms with van der Waals surface area (Å²) in [7, 11) is 0. The highest BCUT2D eigenvalue weighted by Crippen LogP contribution is 2.51. The molecule has 2 amide bonds. The van der Waals surface area contributed by atoms with E-state index in [1.807, 2.05) is 0 Å². The molecule has 1 saturated carbocycles. The first-order valence-corrected chi connectivity index (χ1v) is 8.71. The summed E-state index contributed by atoms with van der Waals surface area (Å²) in [6, 6.07) is 6.90. The Balaban J connectivity index is 1.56. The minimum absolute atomic E-state index is 0.0276. The first-order chi connectivity index (χ1) is 11.8. The number of benzene rings is 1. The number of likely N-dealkylation sites (tertiary alicyclic amines) is 1. The molecule has 2 fully saturated rings. The summed E-state index contributed by atoms with van der Waals surface area (Å²) in [6.07, 6.45) is 1.89. The Morgan fingerprint density at radius 2 is 1.68 bits per heavy atom. The number of carboxylic acid groups (broad SMARTS) is 1. The molecule has 1 aliphatic carbocycles. The van der Waals surface area contributed by atoms with Crippen molar-refractivity contribution in [2.75, 3.05) is 18.4 Å². The van der Waals surface area contributed by atoms with Gasteiger partial charge in [0.05, 0.1) is 5.92 Å². The number of amides is 2. The normalized spacial score (nSPS) is 22.3. The zero-order valence-electron chi connectivity index (χ0n) is 14.6. The van der Waals surface area contributed by atoms with Crippen LogP contribution in [0.5, 0.6) is 0 Å².